The molecule has 2 aromatic carbocycles. The van der Waals surface area contributed by atoms with Crippen LogP contribution in [0.15, 0.2) is 58.9 Å². The average Bonchev–Trinajstić information content (AvgIpc) is 3.04. The zero-order valence-corrected chi connectivity index (χ0v) is 18.4. The minimum absolute atomic E-state index is 0.0180. The van der Waals surface area contributed by atoms with Gasteiger partial charge in [-0.2, -0.15) is 0 Å². The first-order valence-electron chi connectivity index (χ1n) is 9.23. The minimum Gasteiger partial charge on any atom is -0.258 e. The van der Waals surface area contributed by atoms with Crippen molar-refractivity contribution in [3.8, 4) is 0 Å². The number of thioether (sulfide) groups is 1. The molecule has 4 nitrogen and oxygen atoms in total. The molecule has 1 saturated heterocycles. The SMILES string of the molecule is C=CCN=C1S[C@H](c2c(C)cc(C)cc2C)CN1S(=O)(=O)c1ccc(C)cc1. The molecular formula is C22H26N2O2S2. The summed E-state index contributed by atoms with van der Waals surface area (Å²) in [6.45, 7) is 12.7. The Kier molecular flexibility index (Phi) is 6.01. The Morgan fingerprint density at radius 1 is 1.11 bits per heavy atom. The maximum Gasteiger partial charge on any atom is 0.265 e. The molecule has 0 amide bonds. The Bertz CT molecular complexity index is 1000. The first kappa shape index (κ1) is 20.7. The number of amidine groups is 1. The molecule has 0 bridgehead atoms. The number of nitrogens with zero attached hydrogens (tertiary/aromatic N) is 2. The van der Waals surface area contributed by atoms with Crippen LogP contribution in [0.5, 0.6) is 0 Å². The van der Waals surface area contributed by atoms with E-state index < -0.39 is 10.0 Å². The Balaban J connectivity index is 2.03. The van der Waals surface area contributed by atoms with Gasteiger partial charge in [-0.15, -0.1) is 6.58 Å². The number of rotatable bonds is 5. The third kappa shape index (κ3) is 4.03. The van der Waals surface area contributed by atoms with E-state index >= 15 is 0 Å². The van der Waals surface area contributed by atoms with Crippen LogP contribution in [0.1, 0.15) is 33.1 Å². The van der Waals surface area contributed by atoms with Gasteiger partial charge in [0, 0.05) is 0 Å². The van der Waals surface area contributed by atoms with E-state index in [1.54, 1.807) is 18.2 Å². The van der Waals surface area contributed by atoms with Crippen molar-refractivity contribution in [1.82, 2.24) is 4.31 Å². The van der Waals surface area contributed by atoms with Crippen molar-refractivity contribution in [3.63, 3.8) is 0 Å². The molecule has 1 aliphatic heterocycles. The molecule has 1 fully saturated rings. The highest BCUT2D eigenvalue weighted by atomic mass is 32.2. The van der Waals surface area contributed by atoms with Gasteiger partial charge in [-0.05, 0) is 56.5 Å². The molecule has 1 heterocycles. The molecule has 148 valence electrons. The third-order valence-electron chi connectivity index (χ3n) is 4.82. The fourth-order valence-corrected chi connectivity index (χ4v) is 6.77. The van der Waals surface area contributed by atoms with Gasteiger partial charge in [0.2, 0.25) is 0 Å². The number of sulfonamides is 1. The predicted molar refractivity (Wildman–Crippen MR) is 119 cm³/mol. The number of hydrogen-bond donors (Lipinski definition) is 0. The van der Waals surface area contributed by atoms with Gasteiger partial charge >= 0.3 is 0 Å². The van der Waals surface area contributed by atoms with Crippen LogP contribution in [0.25, 0.3) is 0 Å². The second-order valence-electron chi connectivity index (χ2n) is 7.18. The lowest BCUT2D eigenvalue weighted by atomic mass is 9.97. The van der Waals surface area contributed by atoms with Crippen molar-refractivity contribution >= 4 is 27.0 Å². The monoisotopic (exact) mass is 414 g/mol. The van der Waals surface area contributed by atoms with E-state index in [-0.39, 0.29) is 5.25 Å². The topological polar surface area (TPSA) is 49.7 Å². The molecule has 0 N–H and O–H groups in total. The Morgan fingerprint density at radius 2 is 1.71 bits per heavy atom. The quantitative estimate of drug-likeness (QED) is 0.651. The fourth-order valence-electron chi connectivity index (χ4n) is 3.60. The van der Waals surface area contributed by atoms with Crippen LogP contribution >= 0.6 is 11.8 Å². The number of aryl methyl sites for hydroxylation is 4. The van der Waals surface area contributed by atoms with Crippen LogP contribution in [0.2, 0.25) is 0 Å². The summed E-state index contributed by atoms with van der Waals surface area (Å²) in [7, 11) is -3.66. The highest BCUT2D eigenvalue weighted by Gasteiger charge is 2.39. The first-order valence-corrected chi connectivity index (χ1v) is 11.5. The summed E-state index contributed by atoms with van der Waals surface area (Å²) in [5, 5.41) is 0.550. The predicted octanol–water partition coefficient (Wildman–Crippen LogP) is 4.94. The standard InChI is InChI=1S/C22H26N2O2S2/c1-6-11-23-22-24(28(25,26)19-9-7-15(2)8-10-19)14-20(27-22)21-17(4)12-16(3)13-18(21)5/h6-10,12-13,20H,1,11,14H2,2-5H3/t20-/m0/s1. The largest absolute Gasteiger partial charge is 0.265 e. The van der Waals surface area contributed by atoms with E-state index in [0.717, 1.165) is 5.56 Å². The average molecular weight is 415 g/mol. The van der Waals surface area contributed by atoms with E-state index in [1.165, 1.54) is 38.3 Å². The summed E-state index contributed by atoms with van der Waals surface area (Å²) < 4.78 is 28.1. The third-order valence-corrected chi connectivity index (χ3v) is 7.93. The molecule has 0 spiro atoms. The summed E-state index contributed by atoms with van der Waals surface area (Å²) in [5.41, 5.74) is 5.81. The van der Waals surface area contributed by atoms with Gasteiger partial charge in [0.15, 0.2) is 5.17 Å². The number of hydrogen-bond acceptors (Lipinski definition) is 4. The van der Waals surface area contributed by atoms with Crippen LogP contribution in [0, 0.1) is 27.7 Å². The molecule has 2 aromatic rings. The van der Waals surface area contributed by atoms with Gasteiger partial charge < -0.3 is 0 Å². The molecule has 6 heteroatoms. The Morgan fingerprint density at radius 3 is 2.29 bits per heavy atom. The summed E-state index contributed by atoms with van der Waals surface area (Å²) >= 11 is 1.52. The van der Waals surface area contributed by atoms with E-state index in [4.69, 9.17) is 0 Å². The molecule has 0 radical (unpaired) electrons. The minimum atomic E-state index is -3.66. The molecule has 0 aliphatic carbocycles. The lowest BCUT2D eigenvalue weighted by molar-refractivity contribution is 0.528. The van der Waals surface area contributed by atoms with E-state index in [2.05, 4.69) is 44.5 Å². The van der Waals surface area contributed by atoms with Crippen LogP contribution < -0.4 is 0 Å². The van der Waals surface area contributed by atoms with Crippen molar-refractivity contribution in [3.05, 3.63) is 76.9 Å². The van der Waals surface area contributed by atoms with Crippen molar-refractivity contribution < 1.29 is 8.42 Å². The normalized spacial score (nSPS) is 18.6. The Hall–Kier alpha value is -2.05. The molecular weight excluding hydrogens is 388 g/mol. The van der Waals surface area contributed by atoms with Gasteiger partial charge in [0.1, 0.15) is 0 Å². The van der Waals surface area contributed by atoms with Gasteiger partial charge in [-0.3, -0.25) is 4.99 Å². The van der Waals surface area contributed by atoms with Crippen LogP contribution in [-0.2, 0) is 10.0 Å². The fraction of sp³-hybridized carbons (Fsp3) is 0.318. The van der Waals surface area contributed by atoms with Crippen molar-refractivity contribution in [2.24, 2.45) is 4.99 Å². The lowest BCUT2D eigenvalue weighted by Crippen LogP contribution is -2.32. The van der Waals surface area contributed by atoms with Gasteiger partial charge in [0.25, 0.3) is 10.0 Å². The first-order chi connectivity index (χ1) is 13.2. The van der Waals surface area contributed by atoms with Crippen molar-refractivity contribution in [2.75, 3.05) is 13.1 Å². The van der Waals surface area contributed by atoms with Gasteiger partial charge in [-0.25, -0.2) is 12.7 Å². The number of aliphatic imine (C=N–C) groups is 1. The molecule has 0 saturated carbocycles. The molecule has 0 unspecified atom stereocenters. The highest BCUT2D eigenvalue weighted by molar-refractivity contribution is 8.15. The van der Waals surface area contributed by atoms with Crippen molar-refractivity contribution in [2.45, 2.75) is 37.8 Å². The molecule has 1 aliphatic rings. The zero-order chi connectivity index (χ0) is 20.5. The molecule has 3 rings (SSSR count). The molecule has 1 atom stereocenters. The van der Waals surface area contributed by atoms with E-state index in [0.29, 0.717) is 23.2 Å². The zero-order valence-electron chi connectivity index (χ0n) is 16.8. The van der Waals surface area contributed by atoms with Crippen LogP contribution in [-0.4, -0.2) is 31.0 Å². The Labute approximate surface area is 172 Å². The number of benzene rings is 2. The summed E-state index contributed by atoms with van der Waals surface area (Å²) in [4.78, 5) is 4.79. The molecule has 0 aromatic heterocycles. The van der Waals surface area contributed by atoms with Gasteiger partial charge in [-0.1, -0.05) is 53.2 Å². The van der Waals surface area contributed by atoms with E-state index in [9.17, 15) is 8.42 Å². The lowest BCUT2D eigenvalue weighted by Gasteiger charge is -2.20. The van der Waals surface area contributed by atoms with Crippen LogP contribution in [0.3, 0.4) is 0 Å². The van der Waals surface area contributed by atoms with Crippen LogP contribution in [0.4, 0.5) is 0 Å². The van der Waals surface area contributed by atoms with Crippen molar-refractivity contribution in [1.29, 1.82) is 0 Å². The maximum atomic E-state index is 13.3. The van der Waals surface area contributed by atoms with Gasteiger partial charge in [0.05, 0.1) is 23.2 Å². The smallest absolute Gasteiger partial charge is 0.258 e. The second-order valence-corrected chi connectivity index (χ2v) is 10.2. The highest BCUT2D eigenvalue weighted by Crippen LogP contribution is 2.43. The second kappa shape index (κ2) is 8.13. The maximum absolute atomic E-state index is 13.3. The molecule has 28 heavy (non-hydrogen) atoms. The van der Waals surface area contributed by atoms with E-state index in [1.807, 2.05) is 19.1 Å². The summed E-state index contributed by atoms with van der Waals surface area (Å²) in [6.07, 6.45) is 1.68. The summed E-state index contributed by atoms with van der Waals surface area (Å²) in [5.74, 6) is 0. The summed E-state index contributed by atoms with van der Waals surface area (Å²) in [6, 6.07) is 11.3.